The number of carbonyl (C=O) groups is 1. The van der Waals surface area contributed by atoms with Gasteiger partial charge in [-0.3, -0.25) is 4.79 Å². The predicted molar refractivity (Wildman–Crippen MR) is 51.9 cm³/mol. The van der Waals surface area contributed by atoms with Gasteiger partial charge in [-0.25, -0.2) is 0 Å². The van der Waals surface area contributed by atoms with Gasteiger partial charge < -0.3 is 0 Å². The largest absolute Gasteiger partial charge is 0.298 e. The van der Waals surface area contributed by atoms with Crippen LogP contribution in [0.4, 0.5) is 0 Å². The van der Waals surface area contributed by atoms with Gasteiger partial charge in [0.1, 0.15) is 6.29 Å². The van der Waals surface area contributed by atoms with Crippen molar-refractivity contribution in [3.63, 3.8) is 0 Å². The van der Waals surface area contributed by atoms with Gasteiger partial charge in [-0.2, -0.15) is 10.2 Å². The van der Waals surface area contributed by atoms with E-state index in [1.54, 1.807) is 6.21 Å². The molecule has 0 N–H and O–H groups in total. The van der Waals surface area contributed by atoms with E-state index in [-0.39, 0.29) is 0 Å². The van der Waals surface area contributed by atoms with Crippen LogP contribution >= 0.6 is 0 Å². The second-order valence-corrected chi connectivity index (χ2v) is 2.83. The average Bonchev–Trinajstić information content (AvgIpc) is 2.41. The fourth-order valence-corrected chi connectivity index (χ4v) is 1.26. The SMILES string of the molecule is O=CC1=CC=C2C=CC=NN=C2C1. The maximum absolute atomic E-state index is 10.5. The van der Waals surface area contributed by atoms with Crippen molar-refractivity contribution in [3.05, 3.63) is 35.5 Å². The van der Waals surface area contributed by atoms with Gasteiger partial charge in [0.15, 0.2) is 0 Å². The third-order valence-electron chi connectivity index (χ3n) is 1.94. The number of aldehydes is 1. The molecule has 0 amide bonds. The van der Waals surface area contributed by atoms with Crippen molar-refractivity contribution < 1.29 is 4.79 Å². The number of hydrogen-bond donors (Lipinski definition) is 0. The van der Waals surface area contributed by atoms with Crippen molar-refractivity contribution in [3.8, 4) is 0 Å². The molecule has 3 heteroatoms. The van der Waals surface area contributed by atoms with E-state index in [0.29, 0.717) is 6.42 Å². The van der Waals surface area contributed by atoms with Crippen LogP contribution in [0.2, 0.25) is 0 Å². The summed E-state index contributed by atoms with van der Waals surface area (Å²) in [6.07, 6.45) is 10.5. The van der Waals surface area contributed by atoms with E-state index >= 15 is 0 Å². The predicted octanol–water partition coefficient (Wildman–Crippen LogP) is 1.44. The highest BCUT2D eigenvalue weighted by molar-refractivity contribution is 6.09. The Labute approximate surface area is 75.9 Å². The van der Waals surface area contributed by atoms with E-state index in [1.807, 2.05) is 24.3 Å². The molecule has 3 nitrogen and oxygen atoms in total. The van der Waals surface area contributed by atoms with Gasteiger partial charge >= 0.3 is 0 Å². The van der Waals surface area contributed by atoms with Crippen molar-refractivity contribution >= 4 is 18.2 Å². The van der Waals surface area contributed by atoms with Crippen LogP contribution in [0.1, 0.15) is 6.42 Å². The molecule has 0 saturated carbocycles. The Kier molecular flexibility index (Phi) is 2.00. The molecule has 0 radical (unpaired) electrons. The van der Waals surface area contributed by atoms with Gasteiger partial charge in [0.25, 0.3) is 0 Å². The summed E-state index contributed by atoms with van der Waals surface area (Å²) >= 11 is 0. The lowest BCUT2D eigenvalue weighted by molar-refractivity contribution is -0.104. The summed E-state index contributed by atoms with van der Waals surface area (Å²) in [6, 6.07) is 0. The number of fused-ring (bicyclic) bond motifs is 1. The molecule has 0 atom stereocenters. The molecule has 0 spiro atoms. The number of rotatable bonds is 1. The lowest BCUT2D eigenvalue weighted by Crippen LogP contribution is -2.06. The fraction of sp³-hybridized carbons (Fsp3) is 0.100. The van der Waals surface area contributed by atoms with Crippen molar-refractivity contribution in [2.24, 2.45) is 10.2 Å². The van der Waals surface area contributed by atoms with Gasteiger partial charge in [-0.05, 0) is 17.2 Å². The highest BCUT2D eigenvalue weighted by Crippen LogP contribution is 2.17. The van der Waals surface area contributed by atoms with E-state index in [9.17, 15) is 4.79 Å². The zero-order chi connectivity index (χ0) is 9.10. The molecule has 0 aromatic rings. The van der Waals surface area contributed by atoms with Crippen LogP contribution in [-0.2, 0) is 4.79 Å². The molecule has 2 rings (SSSR count). The van der Waals surface area contributed by atoms with E-state index in [2.05, 4.69) is 10.2 Å². The van der Waals surface area contributed by atoms with Crippen molar-refractivity contribution in [1.29, 1.82) is 0 Å². The van der Waals surface area contributed by atoms with Gasteiger partial charge in [-0.1, -0.05) is 18.2 Å². The normalized spacial score (nSPS) is 19.5. The monoisotopic (exact) mass is 172 g/mol. The molecule has 0 fully saturated rings. The van der Waals surface area contributed by atoms with Crippen molar-refractivity contribution in [2.75, 3.05) is 0 Å². The second kappa shape index (κ2) is 3.31. The molecule has 1 aliphatic carbocycles. The first kappa shape index (κ1) is 7.86. The Bertz CT molecular complexity index is 384. The molecule has 0 aromatic heterocycles. The maximum Gasteiger partial charge on any atom is 0.146 e. The minimum absolute atomic E-state index is 0.580. The summed E-state index contributed by atoms with van der Waals surface area (Å²) in [5.74, 6) is 0. The van der Waals surface area contributed by atoms with Gasteiger partial charge in [0.05, 0.1) is 5.71 Å². The van der Waals surface area contributed by atoms with E-state index in [0.717, 1.165) is 23.1 Å². The highest BCUT2D eigenvalue weighted by Gasteiger charge is 2.12. The van der Waals surface area contributed by atoms with Crippen LogP contribution in [0.15, 0.2) is 45.7 Å². The van der Waals surface area contributed by atoms with Crippen LogP contribution < -0.4 is 0 Å². The van der Waals surface area contributed by atoms with Crippen LogP contribution in [0.5, 0.6) is 0 Å². The Morgan fingerprint density at radius 2 is 2.31 bits per heavy atom. The summed E-state index contributed by atoms with van der Waals surface area (Å²) in [7, 11) is 0. The summed E-state index contributed by atoms with van der Waals surface area (Å²) in [4.78, 5) is 10.5. The summed E-state index contributed by atoms with van der Waals surface area (Å²) in [5, 5.41) is 7.82. The highest BCUT2D eigenvalue weighted by atomic mass is 16.1. The van der Waals surface area contributed by atoms with E-state index in [1.165, 1.54) is 0 Å². The molecule has 64 valence electrons. The lowest BCUT2D eigenvalue weighted by atomic mass is 9.97. The van der Waals surface area contributed by atoms with Crippen LogP contribution in [0, 0.1) is 0 Å². The molecule has 0 unspecified atom stereocenters. The zero-order valence-corrected chi connectivity index (χ0v) is 6.97. The Hall–Kier alpha value is -1.77. The van der Waals surface area contributed by atoms with Gasteiger partial charge in [-0.15, -0.1) is 0 Å². The average molecular weight is 172 g/mol. The Morgan fingerprint density at radius 3 is 3.15 bits per heavy atom. The zero-order valence-electron chi connectivity index (χ0n) is 6.97. The first-order valence-electron chi connectivity index (χ1n) is 4.03. The second-order valence-electron chi connectivity index (χ2n) is 2.83. The van der Waals surface area contributed by atoms with Crippen LogP contribution in [0.3, 0.4) is 0 Å². The van der Waals surface area contributed by atoms with E-state index < -0.39 is 0 Å². The summed E-state index contributed by atoms with van der Waals surface area (Å²) in [6.45, 7) is 0. The van der Waals surface area contributed by atoms with Crippen LogP contribution in [-0.4, -0.2) is 18.2 Å². The molecule has 0 saturated heterocycles. The number of allylic oxidation sites excluding steroid dienone is 6. The quantitative estimate of drug-likeness (QED) is 0.552. The Balaban J connectivity index is 2.40. The number of carbonyl (C=O) groups excluding carboxylic acids is 1. The first-order valence-corrected chi connectivity index (χ1v) is 4.03. The molecule has 1 heterocycles. The lowest BCUT2D eigenvalue weighted by Gasteiger charge is -2.08. The molecule has 1 aliphatic heterocycles. The minimum Gasteiger partial charge on any atom is -0.298 e. The Morgan fingerprint density at radius 1 is 1.38 bits per heavy atom. The standard InChI is InChI=1S/C10H8N2O/c13-7-8-3-4-9-2-1-5-11-12-10(9)6-8/h1-5,7H,6H2. The fourth-order valence-electron chi connectivity index (χ4n) is 1.26. The molecule has 13 heavy (non-hydrogen) atoms. The van der Waals surface area contributed by atoms with Crippen LogP contribution in [0.25, 0.3) is 0 Å². The summed E-state index contributed by atoms with van der Waals surface area (Å²) < 4.78 is 0. The molecular weight excluding hydrogens is 164 g/mol. The third kappa shape index (κ3) is 1.54. The molecule has 2 aliphatic rings. The number of nitrogens with zero attached hydrogens (tertiary/aromatic N) is 2. The van der Waals surface area contributed by atoms with E-state index in [4.69, 9.17) is 0 Å². The molecule has 0 bridgehead atoms. The number of hydrogen-bond acceptors (Lipinski definition) is 3. The maximum atomic E-state index is 10.5. The topological polar surface area (TPSA) is 41.8 Å². The van der Waals surface area contributed by atoms with Gasteiger partial charge in [0, 0.05) is 12.6 Å². The van der Waals surface area contributed by atoms with Crippen molar-refractivity contribution in [1.82, 2.24) is 0 Å². The molecular formula is C10H8N2O. The first-order chi connectivity index (χ1) is 6.40. The molecule has 0 aromatic carbocycles. The minimum atomic E-state index is 0.580. The van der Waals surface area contributed by atoms with Gasteiger partial charge in [0.2, 0.25) is 0 Å². The summed E-state index contributed by atoms with van der Waals surface area (Å²) in [5.41, 5.74) is 2.63. The third-order valence-corrected chi connectivity index (χ3v) is 1.94. The smallest absolute Gasteiger partial charge is 0.146 e. The van der Waals surface area contributed by atoms with Crippen molar-refractivity contribution in [2.45, 2.75) is 6.42 Å².